The molecule has 0 aromatic rings. The Kier molecular flexibility index (Phi) is 3.81. The van der Waals surface area contributed by atoms with Crippen molar-refractivity contribution in [3.8, 4) is 0 Å². The maximum absolute atomic E-state index is 12.6. The molecule has 2 aliphatic heterocycles. The summed E-state index contributed by atoms with van der Waals surface area (Å²) >= 11 is 0. The van der Waals surface area contributed by atoms with Gasteiger partial charge in [0.2, 0.25) is 0 Å². The summed E-state index contributed by atoms with van der Waals surface area (Å²) in [7, 11) is 0. The van der Waals surface area contributed by atoms with Gasteiger partial charge in [-0.1, -0.05) is 19.3 Å². The van der Waals surface area contributed by atoms with Crippen LogP contribution in [0.3, 0.4) is 0 Å². The van der Waals surface area contributed by atoms with E-state index in [0.29, 0.717) is 0 Å². The molecule has 0 radical (unpaired) electrons. The van der Waals surface area contributed by atoms with E-state index in [1.54, 1.807) is 0 Å². The van der Waals surface area contributed by atoms with Crippen LogP contribution in [0.15, 0.2) is 0 Å². The normalized spacial score (nSPS) is 36.7. The van der Waals surface area contributed by atoms with Crippen LogP contribution in [0.2, 0.25) is 0 Å². The molecule has 2 N–H and O–H groups in total. The van der Waals surface area contributed by atoms with Crippen LogP contribution < -0.4 is 0 Å². The van der Waals surface area contributed by atoms with Crippen LogP contribution in [0.25, 0.3) is 0 Å². The molecule has 1 aliphatic carbocycles. The fraction of sp³-hybridized carbons (Fsp3) is 0.933. The number of aliphatic hydroxyl groups excluding tert-OH is 2. The van der Waals surface area contributed by atoms with Crippen molar-refractivity contribution in [2.75, 3.05) is 6.61 Å². The summed E-state index contributed by atoms with van der Waals surface area (Å²) in [5.74, 6) is 0.338. The first-order chi connectivity index (χ1) is 9.22. The minimum atomic E-state index is -0.805. The van der Waals surface area contributed by atoms with E-state index in [1.807, 2.05) is 4.90 Å². The van der Waals surface area contributed by atoms with Gasteiger partial charge in [-0.15, -0.1) is 0 Å². The molecular formula is C15H25NO3. The van der Waals surface area contributed by atoms with Gasteiger partial charge in [-0.2, -0.15) is 0 Å². The third-order valence-corrected chi connectivity index (χ3v) is 5.50. The molecule has 4 heteroatoms. The molecule has 0 spiro atoms. The number of hydrogen-bond acceptors (Lipinski definition) is 3. The van der Waals surface area contributed by atoms with Gasteiger partial charge >= 0.3 is 0 Å². The average molecular weight is 267 g/mol. The van der Waals surface area contributed by atoms with Crippen LogP contribution in [0.4, 0.5) is 0 Å². The highest BCUT2D eigenvalue weighted by Gasteiger charge is 2.49. The van der Waals surface area contributed by atoms with Crippen molar-refractivity contribution in [1.29, 1.82) is 0 Å². The molecule has 4 nitrogen and oxygen atoms in total. The number of amides is 1. The maximum atomic E-state index is 12.6. The number of aliphatic hydroxyl groups is 2. The van der Waals surface area contributed by atoms with Crippen molar-refractivity contribution >= 4 is 5.91 Å². The molecule has 3 fully saturated rings. The first kappa shape index (κ1) is 13.4. The van der Waals surface area contributed by atoms with Crippen molar-refractivity contribution in [3.63, 3.8) is 0 Å². The third kappa shape index (κ3) is 2.29. The highest BCUT2D eigenvalue weighted by Crippen LogP contribution is 2.42. The average Bonchev–Trinajstić information content (AvgIpc) is 3.04. The second-order valence-electron chi connectivity index (χ2n) is 6.57. The van der Waals surface area contributed by atoms with Gasteiger partial charge in [-0.05, 0) is 38.0 Å². The van der Waals surface area contributed by atoms with E-state index in [9.17, 15) is 15.0 Å². The van der Waals surface area contributed by atoms with Crippen LogP contribution in [0.5, 0.6) is 0 Å². The zero-order chi connectivity index (χ0) is 13.4. The molecule has 1 amide bonds. The number of carbonyl (C=O) groups excluding carboxylic acids is 1. The molecule has 19 heavy (non-hydrogen) atoms. The van der Waals surface area contributed by atoms with Gasteiger partial charge in [0.05, 0.1) is 0 Å². The Balaban J connectivity index is 1.67. The molecule has 0 aromatic carbocycles. The Labute approximate surface area is 114 Å². The second-order valence-corrected chi connectivity index (χ2v) is 6.57. The highest BCUT2D eigenvalue weighted by molar-refractivity contribution is 5.82. The first-order valence-corrected chi connectivity index (χ1v) is 7.83. The quantitative estimate of drug-likeness (QED) is 0.810. The summed E-state index contributed by atoms with van der Waals surface area (Å²) in [5, 5.41) is 19.7. The highest BCUT2D eigenvalue weighted by atomic mass is 16.3. The fourth-order valence-electron chi connectivity index (χ4n) is 4.46. The Bertz CT molecular complexity index is 340. The Morgan fingerprint density at radius 1 is 1.16 bits per heavy atom. The Hall–Kier alpha value is -0.610. The van der Waals surface area contributed by atoms with Gasteiger partial charge in [0.15, 0.2) is 0 Å². The summed E-state index contributed by atoms with van der Waals surface area (Å²) < 4.78 is 0. The summed E-state index contributed by atoms with van der Waals surface area (Å²) in [5.41, 5.74) is 0. The van der Waals surface area contributed by atoms with Gasteiger partial charge < -0.3 is 15.1 Å². The van der Waals surface area contributed by atoms with E-state index >= 15 is 0 Å². The lowest BCUT2D eigenvalue weighted by Gasteiger charge is -2.31. The molecule has 4 atom stereocenters. The predicted octanol–water partition coefficient (Wildman–Crippen LogP) is 1.30. The Morgan fingerprint density at radius 3 is 2.53 bits per heavy atom. The van der Waals surface area contributed by atoms with E-state index in [0.717, 1.165) is 44.9 Å². The summed E-state index contributed by atoms with van der Waals surface area (Å²) in [6.07, 6.45) is 7.65. The van der Waals surface area contributed by atoms with E-state index in [1.165, 1.54) is 6.42 Å². The molecule has 1 saturated carbocycles. The third-order valence-electron chi connectivity index (χ3n) is 5.50. The van der Waals surface area contributed by atoms with E-state index < -0.39 is 6.10 Å². The molecular weight excluding hydrogens is 242 g/mol. The molecule has 2 saturated heterocycles. The molecule has 0 aromatic heterocycles. The summed E-state index contributed by atoms with van der Waals surface area (Å²) in [4.78, 5) is 14.5. The monoisotopic (exact) mass is 267 g/mol. The maximum Gasteiger partial charge on any atom is 0.252 e. The van der Waals surface area contributed by atoms with Crippen molar-refractivity contribution < 1.29 is 15.0 Å². The number of fused-ring (bicyclic) bond motifs is 2. The largest absolute Gasteiger partial charge is 0.396 e. The zero-order valence-electron chi connectivity index (χ0n) is 11.5. The summed E-state index contributed by atoms with van der Waals surface area (Å²) in [6.45, 7) is 0.171. The number of carbonyl (C=O) groups is 1. The molecule has 108 valence electrons. The molecule has 2 bridgehead atoms. The predicted molar refractivity (Wildman–Crippen MR) is 71.4 cm³/mol. The van der Waals surface area contributed by atoms with E-state index in [4.69, 9.17) is 0 Å². The number of nitrogens with zero attached hydrogens (tertiary/aromatic N) is 1. The van der Waals surface area contributed by atoms with Crippen LogP contribution >= 0.6 is 0 Å². The van der Waals surface area contributed by atoms with Gasteiger partial charge in [-0.3, -0.25) is 4.79 Å². The van der Waals surface area contributed by atoms with E-state index in [2.05, 4.69) is 0 Å². The lowest BCUT2D eigenvalue weighted by atomic mass is 9.84. The smallest absolute Gasteiger partial charge is 0.252 e. The lowest BCUT2D eigenvalue weighted by molar-refractivity contribution is -0.145. The SMILES string of the molecule is O=C(C(O)C1CCCCC1)N1C2CCC1C(CO)C2. The number of hydrogen-bond donors (Lipinski definition) is 2. The summed E-state index contributed by atoms with van der Waals surface area (Å²) in [6, 6.07) is 0.452. The molecule has 4 unspecified atom stereocenters. The van der Waals surface area contributed by atoms with Crippen LogP contribution in [-0.2, 0) is 4.79 Å². The first-order valence-electron chi connectivity index (χ1n) is 7.83. The minimum absolute atomic E-state index is 0.0599. The lowest BCUT2D eigenvalue weighted by Crippen LogP contribution is -2.46. The molecule has 3 aliphatic rings. The standard InChI is InChI=1S/C15H25NO3/c17-9-11-8-12-6-7-13(11)16(12)15(19)14(18)10-4-2-1-3-5-10/h10-14,17-18H,1-9H2. The van der Waals surface area contributed by atoms with Crippen molar-refractivity contribution in [1.82, 2.24) is 4.90 Å². The van der Waals surface area contributed by atoms with Crippen molar-refractivity contribution in [3.05, 3.63) is 0 Å². The van der Waals surface area contributed by atoms with E-state index in [-0.39, 0.29) is 36.4 Å². The minimum Gasteiger partial charge on any atom is -0.396 e. The van der Waals surface area contributed by atoms with Crippen molar-refractivity contribution in [2.24, 2.45) is 11.8 Å². The van der Waals surface area contributed by atoms with Crippen LogP contribution in [0, 0.1) is 11.8 Å². The van der Waals surface area contributed by atoms with Gasteiger partial charge in [0.1, 0.15) is 6.10 Å². The fourth-order valence-corrected chi connectivity index (χ4v) is 4.46. The number of rotatable bonds is 3. The molecule has 3 rings (SSSR count). The molecule has 2 heterocycles. The zero-order valence-corrected chi connectivity index (χ0v) is 11.5. The van der Waals surface area contributed by atoms with Gasteiger partial charge in [-0.25, -0.2) is 0 Å². The van der Waals surface area contributed by atoms with Gasteiger partial charge in [0, 0.05) is 24.6 Å². The van der Waals surface area contributed by atoms with Crippen molar-refractivity contribution in [2.45, 2.75) is 69.6 Å². The van der Waals surface area contributed by atoms with Gasteiger partial charge in [0.25, 0.3) is 5.91 Å². The van der Waals surface area contributed by atoms with Crippen LogP contribution in [0.1, 0.15) is 51.4 Å². The second kappa shape index (κ2) is 5.41. The topological polar surface area (TPSA) is 60.8 Å². The Morgan fingerprint density at radius 2 is 1.89 bits per heavy atom. The van der Waals surface area contributed by atoms with Crippen LogP contribution in [-0.4, -0.2) is 45.8 Å².